The van der Waals surface area contributed by atoms with Crippen molar-refractivity contribution in [2.24, 2.45) is 0 Å². The van der Waals surface area contributed by atoms with E-state index in [9.17, 15) is 4.79 Å². The monoisotopic (exact) mass is 262 g/mol. The molecule has 100 valence electrons. The first kappa shape index (κ1) is 14.7. The van der Waals surface area contributed by atoms with Crippen LogP contribution >= 0.6 is 12.4 Å². The second-order valence-corrected chi connectivity index (χ2v) is 4.70. The largest absolute Gasteiger partial charge is 0.368 e. The third kappa shape index (κ3) is 4.82. The second-order valence-electron chi connectivity index (χ2n) is 4.70. The van der Waals surface area contributed by atoms with Crippen molar-refractivity contribution in [2.45, 2.75) is 38.2 Å². The Hall–Kier alpha value is -0.320. The minimum absolute atomic E-state index is 0. The molecular weight excluding hydrogens is 240 g/mol. The van der Waals surface area contributed by atoms with E-state index in [0.29, 0.717) is 6.10 Å². The molecule has 1 amide bonds. The summed E-state index contributed by atoms with van der Waals surface area (Å²) in [5.74, 6) is 0.163. The Balaban J connectivity index is 0.00000144. The summed E-state index contributed by atoms with van der Waals surface area (Å²) in [5, 5.41) is 3.29. The number of halogens is 1. The lowest BCUT2D eigenvalue weighted by molar-refractivity contribution is -0.137. The van der Waals surface area contributed by atoms with E-state index in [1.807, 2.05) is 4.90 Å². The molecule has 1 N–H and O–H groups in total. The van der Waals surface area contributed by atoms with Gasteiger partial charge in [0.15, 0.2) is 0 Å². The molecule has 1 aliphatic carbocycles. The number of carbonyl (C=O) groups is 1. The van der Waals surface area contributed by atoms with Crippen molar-refractivity contribution >= 4 is 18.3 Å². The van der Waals surface area contributed by atoms with Gasteiger partial charge in [-0.3, -0.25) is 4.79 Å². The first-order valence-corrected chi connectivity index (χ1v) is 6.46. The molecule has 0 atom stereocenters. The summed E-state index contributed by atoms with van der Waals surface area (Å²) in [6, 6.07) is 0. The fraction of sp³-hybridized carbons (Fsp3) is 0.917. The highest BCUT2D eigenvalue weighted by atomic mass is 35.5. The van der Waals surface area contributed by atoms with Crippen LogP contribution in [0.1, 0.15) is 32.1 Å². The average molecular weight is 263 g/mol. The van der Waals surface area contributed by atoms with Crippen LogP contribution in [0.25, 0.3) is 0 Å². The molecule has 0 spiro atoms. The molecule has 0 aromatic heterocycles. The molecule has 1 heterocycles. The van der Waals surface area contributed by atoms with Crippen LogP contribution in [0.3, 0.4) is 0 Å². The van der Waals surface area contributed by atoms with Gasteiger partial charge in [-0.25, -0.2) is 0 Å². The first-order valence-electron chi connectivity index (χ1n) is 6.46. The lowest BCUT2D eigenvalue weighted by atomic mass is 10.3. The van der Waals surface area contributed by atoms with Gasteiger partial charge in [-0.2, -0.15) is 0 Å². The van der Waals surface area contributed by atoms with Gasteiger partial charge < -0.3 is 15.0 Å². The highest BCUT2D eigenvalue weighted by Crippen LogP contribution is 2.20. The molecule has 4 nitrogen and oxygen atoms in total. The molecule has 5 heteroatoms. The zero-order valence-corrected chi connectivity index (χ0v) is 11.1. The summed E-state index contributed by atoms with van der Waals surface area (Å²) in [7, 11) is 0. The van der Waals surface area contributed by atoms with Crippen molar-refractivity contribution in [1.82, 2.24) is 10.2 Å². The summed E-state index contributed by atoms with van der Waals surface area (Å²) in [6.45, 7) is 3.92. The number of hydrogen-bond donors (Lipinski definition) is 1. The van der Waals surface area contributed by atoms with Crippen LogP contribution in [0, 0.1) is 0 Å². The molecule has 17 heavy (non-hydrogen) atoms. The molecule has 2 fully saturated rings. The van der Waals surface area contributed by atoms with E-state index in [2.05, 4.69) is 5.32 Å². The molecule has 1 aliphatic heterocycles. The Morgan fingerprint density at radius 1 is 1.18 bits per heavy atom. The highest BCUT2D eigenvalue weighted by Gasteiger charge is 2.19. The Kier molecular flexibility index (Phi) is 6.85. The summed E-state index contributed by atoms with van der Waals surface area (Å²) in [4.78, 5) is 13.8. The predicted molar refractivity (Wildman–Crippen MR) is 69.5 cm³/mol. The van der Waals surface area contributed by atoms with E-state index in [0.717, 1.165) is 45.4 Å². The van der Waals surface area contributed by atoms with E-state index >= 15 is 0 Å². The number of rotatable bonds is 3. The number of amides is 1. The summed E-state index contributed by atoms with van der Waals surface area (Å²) >= 11 is 0. The first-order chi connectivity index (χ1) is 7.86. The summed E-state index contributed by atoms with van der Waals surface area (Å²) in [5.41, 5.74) is 0. The van der Waals surface area contributed by atoms with Crippen molar-refractivity contribution in [3.63, 3.8) is 0 Å². The van der Waals surface area contributed by atoms with Crippen LogP contribution in [0.2, 0.25) is 0 Å². The van der Waals surface area contributed by atoms with E-state index in [1.54, 1.807) is 0 Å². The van der Waals surface area contributed by atoms with Crippen molar-refractivity contribution in [3.8, 4) is 0 Å². The summed E-state index contributed by atoms with van der Waals surface area (Å²) in [6.07, 6.45) is 6.17. The number of nitrogens with one attached hydrogen (secondary N) is 1. The van der Waals surface area contributed by atoms with Crippen LogP contribution in [-0.4, -0.2) is 49.7 Å². The lowest BCUT2D eigenvalue weighted by Crippen LogP contribution is -2.37. The fourth-order valence-electron chi connectivity index (χ4n) is 2.43. The maximum atomic E-state index is 11.9. The Morgan fingerprint density at radius 2 is 1.94 bits per heavy atom. The maximum Gasteiger partial charge on any atom is 0.248 e. The molecule has 2 rings (SSSR count). The molecule has 0 aromatic rings. The number of carbonyl (C=O) groups excluding carboxylic acids is 1. The molecular formula is C12H23ClN2O2. The number of nitrogens with zero attached hydrogens (tertiary/aromatic N) is 1. The van der Waals surface area contributed by atoms with Gasteiger partial charge in [0.1, 0.15) is 6.61 Å². The third-order valence-corrected chi connectivity index (χ3v) is 3.44. The SMILES string of the molecule is Cl.O=C(COC1CCCC1)N1CCCNCC1. The average Bonchev–Trinajstić information content (AvgIpc) is 2.66. The minimum Gasteiger partial charge on any atom is -0.368 e. The van der Waals surface area contributed by atoms with E-state index in [4.69, 9.17) is 4.74 Å². The van der Waals surface area contributed by atoms with Crippen LogP contribution in [0.4, 0.5) is 0 Å². The van der Waals surface area contributed by atoms with Crippen molar-refractivity contribution in [3.05, 3.63) is 0 Å². The number of hydrogen-bond acceptors (Lipinski definition) is 3. The van der Waals surface area contributed by atoms with Gasteiger partial charge in [-0.05, 0) is 25.8 Å². The normalized spacial score (nSPS) is 22.0. The molecule has 0 aromatic carbocycles. The van der Waals surface area contributed by atoms with Gasteiger partial charge in [-0.1, -0.05) is 12.8 Å². The Bertz CT molecular complexity index is 225. The van der Waals surface area contributed by atoms with Gasteiger partial charge in [0.25, 0.3) is 0 Å². The van der Waals surface area contributed by atoms with Crippen molar-refractivity contribution in [2.75, 3.05) is 32.8 Å². The van der Waals surface area contributed by atoms with Crippen LogP contribution in [0.5, 0.6) is 0 Å². The lowest BCUT2D eigenvalue weighted by Gasteiger charge is -2.21. The molecule has 0 radical (unpaired) electrons. The number of ether oxygens (including phenoxy) is 1. The second kappa shape index (κ2) is 7.90. The van der Waals surface area contributed by atoms with Crippen molar-refractivity contribution < 1.29 is 9.53 Å². The van der Waals surface area contributed by atoms with E-state index in [-0.39, 0.29) is 24.9 Å². The van der Waals surface area contributed by atoms with Crippen molar-refractivity contribution in [1.29, 1.82) is 0 Å². The predicted octanol–water partition coefficient (Wildman–Crippen LogP) is 1.19. The highest BCUT2D eigenvalue weighted by molar-refractivity contribution is 5.85. The zero-order valence-electron chi connectivity index (χ0n) is 10.3. The fourth-order valence-corrected chi connectivity index (χ4v) is 2.43. The standard InChI is InChI=1S/C12H22N2O2.ClH/c15-12(10-16-11-4-1-2-5-11)14-8-3-6-13-7-9-14;/h11,13H,1-10H2;1H. The van der Waals surface area contributed by atoms with Crippen LogP contribution < -0.4 is 5.32 Å². The third-order valence-electron chi connectivity index (χ3n) is 3.44. The summed E-state index contributed by atoms with van der Waals surface area (Å²) < 4.78 is 5.65. The molecule has 0 unspecified atom stereocenters. The smallest absolute Gasteiger partial charge is 0.248 e. The van der Waals surface area contributed by atoms with Crippen LogP contribution in [-0.2, 0) is 9.53 Å². The Labute approximate surface area is 109 Å². The molecule has 2 aliphatic rings. The topological polar surface area (TPSA) is 41.6 Å². The van der Waals surface area contributed by atoms with E-state index in [1.165, 1.54) is 12.8 Å². The van der Waals surface area contributed by atoms with Gasteiger partial charge in [0.2, 0.25) is 5.91 Å². The minimum atomic E-state index is 0. The van der Waals surface area contributed by atoms with Crippen LogP contribution in [0.15, 0.2) is 0 Å². The molecule has 0 bridgehead atoms. The van der Waals surface area contributed by atoms with Gasteiger partial charge in [-0.15, -0.1) is 12.4 Å². The molecule has 1 saturated carbocycles. The quantitative estimate of drug-likeness (QED) is 0.831. The Morgan fingerprint density at radius 3 is 2.71 bits per heavy atom. The van der Waals surface area contributed by atoms with E-state index < -0.39 is 0 Å². The zero-order chi connectivity index (χ0) is 11.2. The molecule has 1 saturated heterocycles. The van der Waals surface area contributed by atoms with Gasteiger partial charge in [0, 0.05) is 19.6 Å². The maximum absolute atomic E-state index is 11.9. The van der Waals surface area contributed by atoms with Gasteiger partial charge in [0.05, 0.1) is 6.10 Å². The van der Waals surface area contributed by atoms with Gasteiger partial charge >= 0.3 is 0 Å².